The van der Waals surface area contributed by atoms with E-state index in [2.05, 4.69) is 30.3 Å². The zero-order chi connectivity index (χ0) is 11.1. The van der Waals surface area contributed by atoms with Crippen LogP contribution in [0.1, 0.15) is 45.2 Å². The van der Waals surface area contributed by atoms with E-state index in [4.69, 9.17) is 0 Å². The average Bonchev–Trinajstić information content (AvgIpc) is 2.61. The molecule has 3 nitrogen and oxygen atoms in total. The molecule has 0 amide bonds. The van der Waals surface area contributed by atoms with Crippen molar-refractivity contribution in [2.75, 3.05) is 0 Å². The van der Waals surface area contributed by atoms with Crippen molar-refractivity contribution in [1.82, 2.24) is 15.1 Å². The van der Waals surface area contributed by atoms with Crippen LogP contribution in [0.25, 0.3) is 0 Å². The number of aryl methyl sites for hydroxylation is 1. The van der Waals surface area contributed by atoms with E-state index in [1.54, 1.807) is 0 Å². The zero-order valence-corrected chi connectivity index (χ0v) is 10.2. The van der Waals surface area contributed by atoms with E-state index >= 15 is 0 Å². The molecule has 0 radical (unpaired) electrons. The van der Waals surface area contributed by atoms with Crippen LogP contribution in [0, 0.1) is 0 Å². The molecule has 15 heavy (non-hydrogen) atoms. The number of rotatable bonds is 7. The maximum atomic E-state index is 4.36. The molecule has 0 aliphatic carbocycles. The van der Waals surface area contributed by atoms with Crippen LogP contribution in [-0.2, 0) is 13.6 Å². The van der Waals surface area contributed by atoms with Crippen LogP contribution in [0.5, 0.6) is 0 Å². The van der Waals surface area contributed by atoms with Crippen LogP contribution in [0.15, 0.2) is 12.3 Å². The summed E-state index contributed by atoms with van der Waals surface area (Å²) in [5.41, 5.74) is 1.13. The van der Waals surface area contributed by atoms with Gasteiger partial charge in [0.2, 0.25) is 0 Å². The molecule has 3 heteroatoms. The molecule has 1 heterocycles. The monoisotopic (exact) mass is 209 g/mol. The largest absolute Gasteiger partial charge is 0.308 e. The maximum Gasteiger partial charge on any atom is 0.0762 e. The molecule has 86 valence electrons. The minimum Gasteiger partial charge on any atom is -0.308 e. The summed E-state index contributed by atoms with van der Waals surface area (Å²) in [6.07, 6.45) is 7.02. The van der Waals surface area contributed by atoms with Gasteiger partial charge >= 0.3 is 0 Å². The van der Waals surface area contributed by atoms with Crippen LogP contribution < -0.4 is 5.32 Å². The van der Waals surface area contributed by atoms with Crippen molar-refractivity contribution in [2.24, 2.45) is 7.05 Å². The first-order valence-electron chi connectivity index (χ1n) is 5.98. The Morgan fingerprint density at radius 2 is 2.00 bits per heavy atom. The first kappa shape index (κ1) is 12.2. The molecule has 0 atom stereocenters. The van der Waals surface area contributed by atoms with Gasteiger partial charge in [-0.2, -0.15) is 5.10 Å². The molecule has 1 aromatic rings. The number of nitrogens with zero attached hydrogens (tertiary/aromatic N) is 2. The molecule has 0 bridgehead atoms. The first-order valence-corrected chi connectivity index (χ1v) is 5.98. The van der Waals surface area contributed by atoms with Crippen molar-refractivity contribution in [2.45, 2.75) is 52.1 Å². The van der Waals surface area contributed by atoms with E-state index in [0.29, 0.717) is 6.04 Å². The fourth-order valence-electron chi connectivity index (χ4n) is 1.85. The van der Waals surface area contributed by atoms with Crippen LogP contribution >= 0.6 is 0 Å². The maximum absolute atomic E-state index is 4.36. The summed E-state index contributed by atoms with van der Waals surface area (Å²) in [6, 6.07) is 2.73. The Hall–Kier alpha value is -0.830. The van der Waals surface area contributed by atoms with E-state index in [1.165, 1.54) is 25.7 Å². The lowest BCUT2D eigenvalue weighted by molar-refractivity contribution is 0.439. The van der Waals surface area contributed by atoms with Gasteiger partial charge in [0.15, 0.2) is 0 Å². The molecule has 1 rings (SSSR count). The van der Waals surface area contributed by atoms with Gasteiger partial charge < -0.3 is 5.32 Å². The van der Waals surface area contributed by atoms with Crippen LogP contribution in [0.4, 0.5) is 0 Å². The van der Waals surface area contributed by atoms with Crippen molar-refractivity contribution in [3.8, 4) is 0 Å². The van der Waals surface area contributed by atoms with Gasteiger partial charge in [0, 0.05) is 25.8 Å². The summed E-state index contributed by atoms with van der Waals surface area (Å²) in [4.78, 5) is 0. The summed E-state index contributed by atoms with van der Waals surface area (Å²) in [5.74, 6) is 0. The summed E-state index contributed by atoms with van der Waals surface area (Å²) in [7, 11) is 1.96. The lowest BCUT2D eigenvalue weighted by Gasteiger charge is -2.16. The Labute approximate surface area is 92.9 Å². The van der Waals surface area contributed by atoms with E-state index in [0.717, 1.165) is 12.2 Å². The van der Waals surface area contributed by atoms with Crippen molar-refractivity contribution >= 4 is 0 Å². The van der Waals surface area contributed by atoms with Gasteiger partial charge in [0.25, 0.3) is 0 Å². The molecule has 1 aromatic heterocycles. The fourth-order valence-corrected chi connectivity index (χ4v) is 1.85. The molecule has 0 aliphatic heterocycles. The number of hydrogen-bond donors (Lipinski definition) is 1. The second-order valence-corrected chi connectivity index (χ2v) is 4.14. The van der Waals surface area contributed by atoms with E-state index in [9.17, 15) is 0 Å². The van der Waals surface area contributed by atoms with E-state index < -0.39 is 0 Å². The second kappa shape index (κ2) is 6.62. The van der Waals surface area contributed by atoms with Crippen LogP contribution in [0.3, 0.4) is 0 Å². The molecule has 0 aromatic carbocycles. The second-order valence-electron chi connectivity index (χ2n) is 4.14. The molecule has 1 N–H and O–H groups in total. The van der Waals surface area contributed by atoms with Gasteiger partial charge in [-0.05, 0) is 18.9 Å². The molecule has 0 saturated heterocycles. The third-order valence-electron chi connectivity index (χ3n) is 2.61. The third kappa shape index (κ3) is 4.47. The fraction of sp³-hybridized carbons (Fsp3) is 0.750. The number of nitrogens with one attached hydrogen (secondary N) is 1. The first-order chi connectivity index (χ1) is 7.26. The smallest absolute Gasteiger partial charge is 0.0762 e. The topological polar surface area (TPSA) is 29.9 Å². The molecule has 0 aliphatic rings. The summed E-state index contributed by atoms with van der Waals surface area (Å²) in [5, 5.41) is 7.93. The van der Waals surface area contributed by atoms with Crippen molar-refractivity contribution in [3.05, 3.63) is 18.0 Å². The Balaban J connectivity index is 2.32. The number of hydrogen-bond acceptors (Lipinski definition) is 2. The quantitative estimate of drug-likeness (QED) is 0.747. The highest BCUT2D eigenvalue weighted by atomic mass is 15.3. The van der Waals surface area contributed by atoms with Crippen molar-refractivity contribution in [1.29, 1.82) is 0 Å². The van der Waals surface area contributed by atoms with Crippen molar-refractivity contribution < 1.29 is 0 Å². The molecule has 0 spiro atoms. The SMILES string of the molecule is CCCC(CCC)NCc1ccn(C)n1. The van der Waals surface area contributed by atoms with Gasteiger partial charge in [-0.15, -0.1) is 0 Å². The van der Waals surface area contributed by atoms with Gasteiger partial charge in [0.1, 0.15) is 0 Å². The average molecular weight is 209 g/mol. The minimum absolute atomic E-state index is 0.655. The third-order valence-corrected chi connectivity index (χ3v) is 2.61. The summed E-state index contributed by atoms with van der Waals surface area (Å²) in [6.45, 7) is 5.38. The highest BCUT2D eigenvalue weighted by Gasteiger charge is 2.06. The lowest BCUT2D eigenvalue weighted by Crippen LogP contribution is -2.28. The van der Waals surface area contributed by atoms with Crippen LogP contribution in [-0.4, -0.2) is 15.8 Å². The number of aromatic nitrogens is 2. The minimum atomic E-state index is 0.655. The Bertz CT molecular complexity index is 262. The molecular formula is C12H23N3. The molecular weight excluding hydrogens is 186 g/mol. The lowest BCUT2D eigenvalue weighted by atomic mass is 10.1. The van der Waals surface area contributed by atoms with Gasteiger partial charge in [-0.1, -0.05) is 26.7 Å². The van der Waals surface area contributed by atoms with E-state index in [1.807, 2.05) is 17.9 Å². The van der Waals surface area contributed by atoms with E-state index in [-0.39, 0.29) is 0 Å². The molecule has 0 fully saturated rings. The zero-order valence-electron chi connectivity index (χ0n) is 10.2. The Morgan fingerprint density at radius 3 is 2.47 bits per heavy atom. The Morgan fingerprint density at radius 1 is 1.33 bits per heavy atom. The predicted octanol–water partition coefficient (Wildman–Crippen LogP) is 2.48. The highest BCUT2D eigenvalue weighted by Crippen LogP contribution is 2.05. The standard InChI is InChI=1S/C12H23N3/c1-4-6-11(7-5-2)13-10-12-8-9-15(3)14-12/h8-9,11,13H,4-7,10H2,1-3H3. The Kier molecular flexibility index (Phi) is 5.40. The summed E-state index contributed by atoms with van der Waals surface area (Å²) >= 11 is 0. The molecule has 0 saturated carbocycles. The van der Waals surface area contributed by atoms with Gasteiger partial charge in [-0.25, -0.2) is 0 Å². The highest BCUT2D eigenvalue weighted by molar-refractivity contribution is 4.98. The van der Waals surface area contributed by atoms with Gasteiger partial charge in [0.05, 0.1) is 5.69 Å². The molecule has 0 unspecified atom stereocenters. The predicted molar refractivity (Wildman–Crippen MR) is 63.7 cm³/mol. The normalized spacial score (nSPS) is 11.2. The van der Waals surface area contributed by atoms with Gasteiger partial charge in [-0.3, -0.25) is 4.68 Å². The van der Waals surface area contributed by atoms with Crippen LogP contribution in [0.2, 0.25) is 0 Å². The summed E-state index contributed by atoms with van der Waals surface area (Å²) < 4.78 is 1.85. The van der Waals surface area contributed by atoms with Crippen molar-refractivity contribution in [3.63, 3.8) is 0 Å².